The predicted octanol–water partition coefficient (Wildman–Crippen LogP) is 3.72. The molecule has 0 aliphatic carbocycles. The fraction of sp³-hybridized carbons (Fsp3) is 0.375. The van der Waals surface area contributed by atoms with E-state index < -0.39 is 6.43 Å². The lowest BCUT2D eigenvalue weighted by Crippen LogP contribution is -1.96. The van der Waals surface area contributed by atoms with E-state index in [0.717, 1.165) is 0 Å². The van der Waals surface area contributed by atoms with E-state index in [-0.39, 0.29) is 16.6 Å². The molecule has 1 aromatic heterocycles. The van der Waals surface area contributed by atoms with Crippen molar-refractivity contribution < 1.29 is 8.78 Å². The molecule has 72 valence electrons. The molecule has 0 unspecified atom stereocenters. The van der Waals surface area contributed by atoms with Crippen molar-refractivity contribution >= 4 is 23.2 Å². The van der Waals surface area contributed by atoms with Gasteiger partial charge in [-0.25, -0.2) is 13.8 Å². The largest absolute Gasteiger partial charge is 0.264 e. The second-order valence-corrected chi connectivity index (χ2v) is 3.18. The molecule has 1 heterocycles. The summed E-state index contributed by atoms with van der Waals surface area (Å²) in [6, 6.07) is 1.28. The summed E-state index contributed by atoms with van der Waals surface area (Å²) in [6.07, 6.45) is -2.54. The summed E-state index contributed by atoms with van der Waals surface area (Å²) in [5.74, 6) is 0.0831. The molecule has 0 fully saturated rings. The number of halogens is 4. The van der Waals surface area contributed by atoms with E-state index in [1.807, 2.05) is 0 Å². The van der Waals surface area contributed by atoms with Gasteiger partial charge in [-0.3, -0.25) is 0 Å². The van der Waals surface area contributed by atoms with Crippen LogP contribution in [0.15, 0.2) is 6.07 Å². The van der Waals surface area contributed by atoms with Crippen LogP contribution in [0.1, 0.15) is 23.2 Å². The van der Waals surface area contributed by atoms with Crippen LogP contribution in [0.2, 0.25) is 5.15 Å². The average molecular weight is 226 g/mol. The molecule has 5 heteroatoms. The van der Waals surface area contributed by atoms with Crippen LogP contribution >= 0.6 is 23.2 Å². The summed E-state index contributed by atoms with van der Waals surface area (Å²) in [5.41, 5.74) is 0.578. The summed E-state index contributed by atoms with van der Waals surface area (Å²) in [5, 5.41) is 0.0912. The maximum Gasteiger partial charge on any atom is 0.264 e. The van der Waals surface area contributed by atoms with E-state index in [0.29, 0.717) is 11.3 Å². The first-order chi connectivity index (χ1) is 6.06. The summed E-state index contributed by atoms with van der Waals surface area (Å²) in [6.45, 7) is 1.51. The third-order valence-corrected chi connectivity index (χ3v) is 2.32. The number of hydrogen-bond donors (Lipinski definition) is 0. The van der Waals surface area contributed by atoms with Crippen molar-refractivity contribution in [3.8, 4) is 0 Å². The Kier molecular flexibility index (Phi) is 3.45. The molecule has 0 spiro atoms. The number of pyridine rings is 1. The maximum atomic E-state index is 12.4. The Hall–Kier alpha value is -0.410. The highest BCUT2D eigenvalue weighted by Gasteiger charge is 2.14. The van der Waals surface area contributed by atoms with Gasteiger partial charge in [0, 0.05) is 5.56 Å². The van der Waals surface area contributed by atoms with E-state index >= 15 is 0 Å². The van der Waals surface area contributed by atoms with Crippen molar-refractivity contribution in [2.75, 3.05) is 0 Å². The summed E-state index contributed by atoms with van der Waals surface area (Å²) in [7, 11) is 0. The van der Waals surface area contributed by atoms with Gasteiger partial charge in [0.05, 0.1) is 11.6 Å². The molecular weight excluding hydrogens is 219 g/mol. The predicted molar refractivity (Wildman–Crippen MR) is 48.5 cm³/mol. The molecule has 0 bridgehead atoms. The monoisotopic (exact) mass is 225 g/mol. The Balaban J connectivity index is 3.25. The zero-order valence-electron chi connectivity index (χ0n) is 6.82. The average Bonchev–Trinajstić information content (AvgIpc) is 2.09. The van der Waals surface area contributed by atoms with Crippen molar-refractivity contribution in [3.63, 3.8) is 0 Å². The maximum absolute atomic E-state index is 12.4. The standard InChI is InChI=1S/C8H7Cl2F2N/c1-4-6(8(11)12)2-5(3-9)13-7(4)10/h2,8H,3H2,1H3. The van der Waals surface area contributed by atoms with Crippen LogP contribution in [0.5, 0.6) is 0 Å². The SMILES string of the molecule is Cc1c(C(F)F)cc(CCl)nc1Cl. The zero-order valence-corrected chi connectivity index (χ0v) is 8.33. The summed E-state index contributed by atoms with van der Waals surface area (Å²) in [4.78, 5) is 3.83. The van der Waals surface area contributed by atoms with E-state index in [2.05, 4.69) is 4.98 Å². The highest BCUT2D eigenvalue weighted by Crippen LogP contribution is 2.27. The van der Waals surface area contributed by atoms with Gasteiger partial charge in [-0.05, 0) is 18.6 Å². The second kappa shape index (κ2) is 4.20. The van der Waals surface area contributed by atoms with Gasteiger partial charge in [-0.15, -0.1) is 11.6 Å². The minimum Gasteiger partial charge on any atom is -0.240 e. The van der Waals surface area contributed by atoms with E-state index in [1.165, 1.54) is 13.0 Å². The quantitative estimate of drug-likeness (QED) is 0.553. The van der Waals surface area contributed by atoms with Crippen LogP contribution in [0.25, 0.3) is 0 Å². The van der Waals surface area contributed by atoms with Crippen LogP contribution in [0.4, 0.5) is 8.78 Å². The van der Waals surface area contributed by atoms with Gasteiger partial charge >= 0.3 is 0 Å². The molecule has 0 N–H and O–H groups in total. The number of rotatable bonds is 2. The molecule has 1 aromatic rings. The van der Waals surface area contributed by atoms with Crippen molar-refractivity contribution in [2.45, 2.75) is 19.2 Å². The van der Waals surface area contributed by atoms with Gasteiger partial charge < -0.3 is 0 Å². The van der Waals surface area contributed by atoms with Gasteiger partial charge in [-0.1, -0.05) is 11.6 Å². The Morgan fingerprint density at radius 1 is 1.54 bits per heavy atom. The van der Waals surface area contributed by atoms with Gasteiger partial charge in [0.25, 0.3) is 6.43 Å². The molecule has 0 aliphatic rings. The van der Waals surface area contributed by atoms with Gasteiger partial charge in [0.15, 0.2) is 0 Å². The third-order valence-electron chi connectivity index (χ3n) is 1.68. The van der Waals surface area contributed by atoms with Gasteiger partial charge in [0.1, 0.15) is 5.15 Å². The topological polar surface area (TPSA) is 12.9 Å². The van der Waals surface area contributed by atoms with Crippen molar-refractivity contribution in [3.05, 3.63) is 28.0 Å². The molecule has 1 rings (SSSR count). The second-order valence-electron chi connectivity index (χ2n) is 2.55. The third kappa shape index (κ3) is 2.29. The molecular formula is C8H7Cl2F2N. The first-order valence-corrected chi connectivity index (χ1v) is 4.47. The Bertz CT molecular complexity index is 315. The molecule has 0 atom stereocenters. The van der Waals surface area contributed by atoms with Crippen molar-refractivity contribution in [1.29, 1.82) is 0 Å². The lowest BCUT2D eigenvalue weighted by atomic mass is 10.1. The van der Waals surface area contributed by atoms with Crippen LogP contribution in [-0.2, 0) is 5.88 Å². The van der Waals surface area contributed by atoms with Gasteiger partial charge in [-0.2, -0.15) is 0 Å². The number of hydrogen-bond acceptors (Lipinski definition) is 1. The van der Waals surface area contributed by atoms with Crippen molar-refractivity contribution in [2.24, 2.45) is 0 Å². The highest BCUT2D eigenvalue weighted by molar-refractivity contribution is 6.30. The van der Waals surface area contributed by atoms with Crippen LogP contribution in [0, 0.1) is 6.92 Å². The first kappa shape index (κ1) is 10.7. The Morgan fingerprint density at radius 2 is 2.15 bits per heavy atom. The molecule has 0 aliphatic heterocycles. The van der Waals surface area contributed by atoms with E-state index in [1.54, 1.807) is 0 Å². The molecule has 0 radical (unpaired) electrons. The minimum absolute atomic E-state index is 0.0831. The summed E-state index contributed by atoms with van der Waals surface area (Å²) >= 11 is 11.1. The number of alkyl halides is 3. The molecule has 13 heavy (non-hydrogen) atoms. The summed E-state index contributed by atoms with van der Waals surface area (Å²) < 4.78 is 24.8. The first-order valence-electron chi connectivity index (χ1n) is 3.56. The highest BCUT2D eigenvalue weighted by atomic mass is 35.5. The smallest absolute Gasteiger partial charge is 0.240 e. The molecule has 0 aromatic carbocycles. The van der Waals surface area contributed by atoms with Crippen LogP contribution in [-0.4, -0.2) is 4.98 Å². The molecule has 0 saturated heterocycles. The minimum atomic E-state index is -2.54. The van der Waals surface area contributed by atoms with E-state index in [9.17, 15) is 8.78 Å². The van der Waals surface area contributed by atoms with Crippen LogP contribution in [0.3, 0.4) is 0 Å². The normalized spacial score (nSPS) is 10.9. The Labute approximate surface area is 84.7 Å². The van der Waals surface area contributed by atoms with Gasteiger partial charge in [0.2, 0.25) is 0 Å². The molecule has 1 nitrogen and oxygen atoms in total. The lowest BCUT2D eigenvalue weighted by Gasteiger charge is -2.07. The fourth-order valence-corrected chi connectivity index (χ4v) is 1.30. The molecule has 0 amide bonds. The number of aromatic nitrogens is 1. The van der Waals surface area contributed by atoms with Crippen molar-refractivity contribution in [1.82, 2.24) is 4.98 Å². The van der Waals surface area contributed by atoms with Crippen LogP contribution < -0.4 is 0 Å². The zero-order chi connectivity index (χ0) is 10.0. The lowest BCUT2D eigenvalue weighted by molar-refractivity contribution is 0.150. The fourth-order valence-electron chi connectivity index (χ4n) is 0.944. The Morgan fingerprint density at radius 3 is 2.62 bits per heavy atom. The molecule has 0 saturated carbocycles. The van der Waals surface area contributed by atoms with E-state index in [4.69, 9.17) is 23.2 Å². The number of nitrogens with zero attached hydrogens (tertiary/aromatic N) is 1.